The molecule has 1 saturated heterocycles. The zero-order valence-electron chi connectivity index (χ0n) is 15.8. The van der Waals surface area contributed by atoms with E-state index >= 15 is 0 Å². The van der Waals surface area contributed by atoms with Gasteiger partial charge < -0.3 is 19.7 Å². The van der Waals surface area contributed by atoms with Crippen LogP contribution in [-0.2, 0) is 0 Å². The number of rotatable bonds is 3. The maximum atomic E-state index is 12.2. The van der Waals surface area contributed by atoms with Crippen molar-refractivity contribution < 1.29 is 19.2 Å². The molecule has 2 aromatic rings. The molecule has 0 bridgehead atoms. The van der Waals surface area contributed by atoms with Gasteiger partial charge in [-0.25, -0.2) is 4.79 Å². The molecular formula is C20H23N3O4. The van der Waals surface area contributed by atoms with Crippen LogP contribution in [-0.4, -0.2) is 28.1 Å². The molecule has 1 aromatic heterocycles. The van der Waals surface area contributed by atoms with Crippen molar-refractivity contribution in [2.75, 3.05) is 4.90 Å². The third kappa shape index (κ3) is 2.88. The molecule has 2 atom stereocenters. The molecule has 142 valence electrons. The predicted octanol–water partition coefficient (Wildman–Crippen LogP) is 1.62. The topological polar surface area (TPSA) is 87.8 Å². The molecular weight excluding hydrogens is 346 g/mol. The van der Waals surface area contributed by atoms with Gasteiger partial charge >= 0.3 is 6.03 Å². The summed E-state index contributed by atoms with van der Waals surface area (Å²) in [7, 11) is 0. The van der Waals surface area contributed by atoms with Crippen LogP contribution in [0, 0.1) is 12.8 Å². The van der Waals surface area contributed by atoms with Gasteiger partial charge in [0.15, 0.2) is 11.6 Å². The molecule has 2 amide bonds. The summed E-state index contributed by atoms with van der Waals surface area (Å²) >= 11 is 0. The van der Waals surface area contributed by atoms with Crippen LogP contribution in [0.4, 0.5) is 10.5 Å². The van der Waals surface area contributed by atoms with Gasteiger partial charge in [0.25, 0.3) is 0 Å². The lowest BCUT2D eigenvalue weighted by Gasteiger charge is -2.26. The lowest BCUT2D eigenvalue weighted by Crippen LogP contribution is -2.44. The Morgan fingerprint density at radius 1 is 1.33 bits per heavy atom. The molecule has 1 aliphatic heterocycles. The highest BCUT2D eigenvalue weighted by molar-refractivity contribution is 5.95. The summed E-state index contributed by atoms with van der Waals surface area (Å²) in [5.41, 5.74) is 1.45. The molecule has 1 fully saturated rings. The van der Waals surface area contributed by atoms with E-state index in [1.165, 1.54) is 4.90 Å². The first-order chi connectivity index (χ1) is 12.8. The van der Waals surface area contributed by atoms with Crippen LogP contribution < -0.4 is 25.6 Å². The number of nitrogens with one attached hydrogen (secondary N) is 1. The van der Waals surface area contributed by atoms with Crippen molar-refractivity contribution >= 4 is 23.6 Å². The first-order valence-corrected chi connectivity index (χ1v) is 9.02. The van der Waals surface area contributed by atoms with Gasteiger partial charge in [0, 0.05) is 11.6 Å². The highest BCUT2D eigenvalue weighted by Crippen LogP contribution is 2.30. The second-order valence-corrected chi connectivity index (χ2v) is 7.70. The summed E-state index contributed by atoms with van der Waals surface area (Å²) < 4.78 is 11.5. The Hall–Kier alpha value is -2.80. The number of carbonyl (C=O) groups is 1. The Morgan fingerprint density at radius 2 is 2.04 bits per heavy atom. The van der Waals surface area contributed by atoms with Crippen molar-refractivity contribution in [1.29, 1.82) is 0 Å². The number of anilines is 1. The number of aromatic nitrogens is 1. The van der Waals surface area contributed by atoms with Crippen LogP contribution >= 0.6 is 0 Å². The first-order valence-electron chi connectivity index (χ1n) is 9.02. The van der Waals surface area contributed by atoms with E-state index in [9.17, 15) is 9.90 Å². The van der Waals surface area contributed by atoms with Crippen LogP contribution in [0.3, 0.4) is 0 Å². The van der Waals surface area contributed by atoms with Crippen molar-refractivity contribution in [3.05, 3.63) is 40.6 Å². The molecule has 0 saturated carbocycles. The Balaban J connectivity index is 1.64. The van der Waals surface area contributed by atoms with Crippen LogP contribution in [0.1, 0.15) is 32.9 Å². The van der Waals surface area contributed by atoms with Gasteiger partial charge in [-0.1, -0.05) is 12.1 Å². The summed E-state index contributed by atoms with van der Waals surface area (Å²) in [5.74, 6) is 1.70. The highest BCUT2D eigenvalue weighted by Gasteiger charge is 2.44. The number of urea groups is 1. The van der Waals surface area contributed by atoms with Gasteiger partial charge in [-0.05, 0) is 57.5 Å². The van der Waals surface area contributed by atoms with E-state index in [2.05, 4.69) is 17.4 Å². The van der Waals surface area contributed by atoms with Gasteiger partial charge in [-0.3, -0.25) is 4.90 Å². The van der Waals surface area contributed by atoms with Crippen LogP contribution in [0.25, 0.3) is 11.8 Å². The molecule has 2 unspecified atom stereocenters. The number of carbonyl (C=O) groups excluding carboxylic acids is 1. The van der Waals surface area contributed by atoms with Crippen molar-refractivity contribution in [2.45, 2.75) is 45.9 Å². The number of benzene rings is 1. The van der Waals surface area contributed by atoms with Crippen LogP contribution in [0.5, 0.6) is 5.75 Å². The van der Waals surface area contributed by atoms with Gasteiger partial charge in [-0.15, -0.1) is 0 Å². The normalized spacial score (nSPS) is 23.7. The zero-order chi connectivity index (χ0) is 19.3. The van der Waals surface area contributed by atoms with Crippen molar-refractivity contribution in [3.8, 4) is 5.75 Å². The quantitative estimate of drug-likeness (QED) is 0.858. The Kier molecular flexibility index (Phi) is 3.99. The van der Waals surface area contributed by atoms with E-state index in [-0.39, 0.29) is 11.9 Å². The Morgan fingerprint density at radius 3 is 2.67 bits per heavy atom. The van der Waals surface area contributed by atoms with E-state index in [0.29, 0.717) is 11.4 Å². The highest BCUT2D eigenvalue weighted by atomic mass is 16.5. The SMILES string of the molecule is Cc1noc2c1=C(Oc1ccc(N3C(=O)NC(C)(C)C3O)cc1)C(C)CC=2. The lowest BCUT2D eigenvalue weighted by atomic mass is 9.99. The van der Waals surface area contributed by atoms with Crippen molar-refractivity contribution in [3.63, 3.8) is 0 Å². The molecule has 2 N–H and O–H groups in total. The maximum Gasteiger partial charge on any atom is 0.324 e. The van der Waals surface area contributed by atoms with Crippen LogP contribution in [0.15, 0.2) is 28.8 Å². The third-order valence-corrected chi connectivity index (χ3v) is 5.12. The summed E-state index contributed by atoms with van der Waals surface area (Å²) in [5, 5.41) is 18.1. The molecule has 7 nitrogen and oxygen atoms in total. The van der Waals surface area contributed by atoms with Gasteiger partial charge in [-0.2, -0.15) is 0 Å². The number of ether oxygens (including phenoxy) is 1. The van der Waals surface area contributed by atoms with Gasteiger partial charge in [0.1, 0.15) is 11.5 Å². The average Bonchev–Trinajstić information content (AvgIpc) is 3.08. The Bertz CT molecular complexity index is 1010. The number of hydrogen-bond donors (Lipinski definition) is 2. The van der Waals surface area contributed by atoms with E-state index in [0.717, 1.165) is 28.5 Å². The third-order valence-electron chi connectivity index (χ3n) is 5.12. The maximum absolute atomic E-state index is 12.2. The number of aliphatic hydroxyl groups excluding tert-OH is 1. The zero-order valence-corrected chi connectivity index (χ0v) is 15.8. The monoisotopic (exact) mass is 369 g/mol. The number of aryl methyl sites for hydroxylation is 1. The molecule has 0 radical (unpaired) electrons. The lowest BCUT2D eigenvalue weighted by molar-refractivity contribution is 0.120. The first kappa shape index (κ1) is 17.6. The number of aliphatic hydroxyl groups is 1. The van der Waals surface area contributed by atoms with Crippen molar-refractivity contribution in [1.82, 2.24) is 10.5 Å². The van der Waals surface area contributed by atoms with Crippen molar-refractivity contribution in [2.24, 2.45) is 5.92 Å². The average molecular weight is 369 g/mol. The number of hydrogen-bond acceptors (Lipinski definition) is 5. The Labute approximate surface area is 156 Å². The van der Waals surface area contributed by atoms with E-state index < -0.39 is 11.8 Å². The molecule has 2 aliphatic rings. The minimum atomic E-state index is -0.942. The summed E-state index contributed by atoms with van der Waals surface area (Å²) in [6.07, 6.45) is 1.91. The number of amides is 2. The fourth-order valence-electron chi connectivity index (χ4n) is 3.51. The molecule has 1 aromatic carbocycles. The summed E-state index contributed by atoms with van der Waals surface area (Å²) in [6, 6.07) is 6.79. The number of nitrogens with zero attached hydrogens (tertiary/aromatic N) is 2. The predicted molar refractivity (Wildman–Crippen MR) is 100 cm³/mol. The number of fused-ring (bicyclic) bond motifs is 1. The second kappa shape index (κ2) is 6.13. The van der Waals surface area contributed by atoms with E-state index in [1.807, 2.05) is 13.0 Å². The molecule has 7 heteroatoms. The second-order valence-electron chi connectivity index (χ2n) is 7.70. The van der Waals surface area contributed by atoms with E-state index in [4.69, 9.17) is 9.26 Å². The largest absolute Gasteiger partial charge is 0.461 e. The smallest absolute Gasteiger partial charge is 0.324 e. The molecule has 0 spiro atoms. The molecule has 4 rings (SSSR count). The summed E-state index contributed by atoms with van der Waals surface area (Å²) in [4.78, 5) is 13.5. The minimum Gasteiger partial charge on any atom is -0.461 e. The molecule has 2 heterocycles. The fourth-order valence-corrected chi connectivity index (χ4v) is 3.51. The fraction of sp³-hybridized carbons (Fsp3) is 0.400. The molecule has 27 heavy (non-hydrogen) atoms. The van der Waals surface area contributed by atoms with Gasteiger partial charge in [0.05, 0.1) is 16.5 Å². The molecule has 1 aliphatic carbocycles. The summed E-state index contributed by atoms with van der Waals surface area (Å²) in [6.45, 7) is 7.56. The van der Waals surface area contributed by atoms with E-state index in [1.54, 1.807) is 38.1 Å². The van der Waals surface area contributed by atoms with Crippen LogP contribution in [0.2, 0.25) is 0 Å². The van der Waals surface area contributed by atoms with Gasteiger partial charge in [0.2, 0.25) is 0 Å². The minimum absolute atomic E-state index is 0.210. The standard InChI is InChI=1S/C20H23N3O4/c1-11-5-10-15-16(12(2)22-27-15)17(11)26-14-8-6-13(7-9-14)23-18(24)20(3,4)21-19(23)25/h6-11,18,24H,5H2,1-4H3,(H,21,25).